The van der Waals surface area contributed by atoms with E-state index in [1.54, 1.807) is 13.2 Å². The number of piperidine rings is 1. The summed E-state index contributed by atoms with van der Waals surface area (Å²) in [4.78, 5) is 30.8. The first-order chi connectivity index (χ1) is 16.1. The van der Waals surface area contributed by atoms with Crippen LogP contribution in [0.5, 0.6) is 5.75 Å². The van der Waals surface area contributed by atoms with Gasteiger partial charge in [-0.2, -0.15) is 0 Å². The van der Waals surface area contributed by atoms with Crippen LogP contribution < -0.4 is 9.64 Å². The number of imide groups is 1. The molecule has 0 aromatic heterocycles. The minimum atomic E-state index is -0.341. The number of methoxy groups -OCH3 is 1. The summed E-state index contributed by atoms with van der Waals surface area (Å²) in [6, 6.07) is 15.0. The van der Waals surface area contributed by atoms with Crippen LogP contribution in [0, 0.1) is 5.92 Å². The number of carbonyl (C=O) groups is 2. The van der Waals surface area contributed by atoms with Gasteiger partial charge in [0.05, 0.1) is 18.4 Å². The zero-order valence-electron chi connectivity index (χ0n) is 19.4. The van der Waals surface area contributed by atoms with E-state index in [2.05, 4.69) is 6.92 Å². The van der Waals surface area contributed by atoms with Gasteiger partial charge in [-0.25, -0.2) is 4.90 Å². The summed E-state index contributed by atoms with van der Waals surface area (Å²) in [5.41, 5.74) is 3.15. The number of para-hydroxylation sites is 1. The number of aliphatic hydroxyl groups excluding tert-OH is 1. The summed E-state index contributed by atoms with van der Waals surface area (Å²) >= 11 is 0. The Bertz CT molecular complexity index is 1040. The fraction of sp³-hybridized carbons (Fsp3) is 0.407. The van der Waals surface area contributed by atoms with Crippen molar-refractivity contribution in [1.82, 2.24) is 4.90 Å². The summed E-state index contributed by atoms with van der Waals surface area (Å²) in [6.07, 6.45) is 4.97. The molecule has 2 aliphatic heterocycles. The molecule has 1 unspecified atom stereocenters. The Morgan fingerprint density at radius 1 is 1.06 bits per heavy atom. The first-order valence-electron chi connectivity index (χ1n) is 11.8. The average molecular weight is 449 g/mol. The van der Waals surface area contributed by atoms with Crippen LogP contribution in [0.25, 0.3) is 5.57 Å². The Labute approximate surface area is 195 Å². The number of benzene rings is 2. The van der Waals surface area contributed by atoms with Crippen molar-refractivity contribution in [1.29, 1.82) is 0 Å². The van der Waals surface area contributed by atoms with Crippen molar-refractivity contribution in [3.05, 3.63) is 65.4 Å². The van der Waals surface area contributed by atoms with E-state index in [-0.39, 0.29) is 24.3 Å². The van der Waals surface area contributed by atoms with Crippen LogP contribution in [0.2, 0.25) is 0 Å². The molecule has 6 heteroatoms. The molecule has 2 aromatic carbocycles. The minimum absolute atomic E-state index is 0.0683. The summed E-state index contributed by atoms with van der Waals surface area (Å²) < 4.78 is 5.54. The highest BCUT2D eigenvalue weighted by molar-refractivity contribution is 6.45. The Morgan fingerprint density at radius 3 is 2.52 bits per heavy atom. The van der Waals surface area contributed by atoms with Crippen LogP contribution in [-0.2, 0) is 16.0 Å². The van der Waals surface area contributed by atoms with E-state index in [1.165, 1.54) is 10.5 Å². The van der Waals surface area contributed by atoms with Gasteiger partial charge in [0.2, 0.25) is 0 Å². The third-order valence-electron chi connectivity index (χ3n) is 6.54. The largest absolute Gasteiger partial charge is 0.496 e. The topological polar surface area (TPSA) is 70.1 Å². The number of carbonyl (C=O) groups excluding carboxylic acids is 2. The van der Waals surface area contributed by atoms with Crippen molar-refractivity contribution in [2.45, 2.75) is 39.0 Å². The number of aryl methyl sites for hydroxylation is 1. The fourth-order valence-electron chi connectivity index (χ4n) is 4.75. The van der Waals surface area contributed by atoms with Crippen molar-refractivity contribution < 1.29 is 19.4 Å². The Kier molecular flexibility index (Phi) is 7.14. The number of rotatable bonds is 8. The maximum atomic E-state index is 13.8. The van der Waals surface area contributed by atoms with Gasteiger partial charge < -0.3 is 14.7 Å². The Balaban J connectivity index is 1.76. The van der Waals surface area contributed by atoms with E-state index >= 15 is 0 Å². The second-order valence-corrected chi connectivity index (χ2v) is 8.78. The monoisotopic (exact) mass is 448 g/mol. The first kappa shape index (κ1) is 23.1. The molecule has 0 bridgehead atoms. The molecule has 0 spiro atoms. The van der Waals surface area contributed by atoms with Crippen molar-refractivity contribution in [2.75, 3.05) is 31.7 Å². The summed E-state index contributed by atoms with van der Waals surface area (Å²) in [5, 5.41) is 9.73. The van der Waals surface area contributed by atoms with Crippen molar-refractivity contribution in [3.8, 4) is 5.75 Å². The fourth-order valence-corrected chi connectivity index (χ4v) is 4.75. The van der Waals surface area contributed by atoms with Crippen LogP contribution in [0.3, 0.4) is 0 Å². The molecule has 6 nitrogen and oxygen atoms in total. The number of nitrogens with zero attached hydrogens (tertiary/aromatic N) is 2. The van der Waals surface area contributed by atoms with Crippen molar-refractivity contribution in [3.63, 3.8) is 0 Å². The molecule has 174 valence electrons. The summed E-state index contributed by atoms with van der Waals surface area (Å²) in [6.45, 7) is 3.45. The van der Waals surface area contributed by atoms with Gasteiger partial charge in [0.1, 0.15) is 11.4 Å². The smallest absolute Gasteiger partial charge is 0.282 e. The molecule has 33 heavy (non-hydrogen) atoms. The number of aliphatic hydroxyl groups is 1. The van der Waals surface area contributed by atoms with Gasteiger partial charge in [0.25, 0.3) is 11.8 Å². The molecule has 0 saturated carbocycles. The molecule has 1 fully saturated rings. The molecule has 1 saturated heterocycles. The molecular formula is C27H32N2O4. The molecule has 1 atom stereocenters. The highest BCUT2D eigenvalue weighted by atomic mass is 16.5. The van der Waals surface area contributed by atoms with Crippen LogP contribution >= 0.6 is 0 Å². The number of hydrogen-bond donors (Lipinski definition) is 1. The normalized spacial score (nSPS) is 18.9. The Morgan fingerprint density at radius 2 is 1.82 bits per heavy atom. The lowest BCUT2D eigenvalue weighted by molar-refractivity contribution is -0.120. The molecule has 2 amide bonds. The summed E-state index contributed by atoms with van der Waals surface area (Å²) in [7, 11) is 1.57. The minimum Gasteiger partial charge on any atom is -0.496 e. The Hall–Kier alpha value is -3.12. The second-order valence-electron chi connectivity index (χ2n) is 8.78. The van der Waals surface area contributed by atoms with E-state index in [0.717, 1.165) is 32.1 Å². The van der Waals surface area contributed by atoms with E-state index in [0.29, 0.717) is 41.4 Å². The standard InChI is InChI=1S/C27H32N2O4/c1-3-4-8-19-12-14-21(15-13-19)29-26(31)24(22-10-5-6-11-23(22)33-2)25(27(29)32)28-16-7-9-20(17-28)18-30/h5-6,10-15,20,30H,3-4,7-9,16-18H2,1-2H3. The maximum absolute atomic E-state index is 13.8. The van der Waals surface area contributed by atoms with Crippen LogP contribution in [0.4, 0.5) is 5.69 Å². The zero-order valence-corrected chi connectivity index (χ0v) is 19.4. The summed E-state index contributed by atoms with van der Waals surface area (Å²) in [5.74, 6) is -0.0219. The van der Waals surface area contributed by atoms with E-state index in [4.69, 9.17) is 4.74 Å². The lowest BCUT2D eigenvalue weighted by atomic mass is 9.96. The SMILES string of the molecule is CCCCc1ccc(N2C(=O)C(c3ccccc3OC)=C(N3CCCC(CO)C3)C2=O)cc1. The molecule has 0 radical (unpaired) electrons. The third kappa shape index (κ3) is 4.53. The zero-order chi connectivity index (χ0) is 23.4. The van der Waals surface area contributed by atoms with Gasteiger partial charge in [0.15, 0.2) is 0 Å². The van der Waals surface area contributed by atoms with Gasteiger partial charge in [-0.15, -0.1) is 0 Å². The third-order valence-corrected chi connectivity index (χ3v) is 6.54. The highest BCUT2D eigenvalue weighted by Gasteiger charge is 2.44. The van der Waals surface area contributed by atoms with Crippen LogP contribution in [0.1, 0.15) is 43.7 Å². The number of ether oxygens (including phenoxy) is 1. The molecule has 2 aliphatic rings. The molecule has 0 aliphatic carbocycles. The van der Waals surface area contributed by atoms with Crippen LogP contribution in [-0.4, -0.2) is 48.6 Å². The molecule has 2 heterocycles. The molecule has 4 rings (SSSR count). The number of hydrogen-bond acceptors (Lipinski definition) is 5. The predicted molar refractivity (Wildman–Crippen MR) is 129 cm³/mol. The van der Waals surface area contributed by atoms with Gasteiger partial charge in [-0.05, 0) is 55.4 Å². The van der Waals surface area contributed by atoms with E-state index < -0.39 is 0 Å². The molecule has 1 N–H and O–H groups in total. The lowest BCUT2D eigenvalue weighted by Gasteiger charge is -2.34. The number of unbranched alkanes of at least 4 members (excludes halogenated alkanes) is 1. The van der Waals surface area contributed by atoms with E-state index in [1.807, 2.05) is 47.4 Å². The van der Waals surface area contributed by atoms with Crippen LogP contribution in [0.15, 0.2) is 54.2 Å². The van der Waals surface area contributed by atoms with Gasteiger partial charge in [0, 0.05) is 25.3 Å². The van der Waals surface area contributed by atoms with Gasteiger partial charge in [-0.1, -0.05) is 43.7 Å². The van der Waals surface area contributed by atoms with Crippen molar-refractivity contribution in [2.24, 2.45) is 5.92 Å². The maximum Gasteiger partial charge on any atom is 0.282 e. The predicted octanol–water partition coefficient (Wildman–Crippen LogP) is 4.03. The molecule has 2 aromatic rings. The van der Waals surface area contributed by atoms with Crippen molar-refractivity contribution >= 4 is 23.1 Å². The number of anilines is 1. The number of likely N-dealkylation sites (tertiary alicyclic amines) is 1. The van der Waals surface area contributed by atoms with E-state index in [9.17, 15) is 14.7 Å². The average Bonchev–Trinajstić information content (AvgIpc) is 3.12. The molecular weight excluding hydrogens is 416 g/mol. The second kappa shape index (κ2) is 10.2. The highest BCUT2D eigenvalue weighted by Crippen LogP contribution is 2.39. The quantitative estimate of drug-likeness (QED) is 0.618. The first-order valence-corrected chi connectivity index (χ1v) is 11.8. The van der Waals surface area contributed by atoms with Gasteiger partial charge >= 0.3 is 0 Å². The lowest BCUT2D eigenvalue weighted by Crippen LogP contribution is -2.40. The number of amides is 2. The van der Waals surface area contributed by atoms with Gasteiger partial charge in [-0.3, -0.25) is 9.59 Å².